The average molecular weight is 368 g/mol. The standard InChI is InChI=1S/C19H20N4O2S/c1-13(16-8-5-11-25-16)20-17(24)12-26-19-22-21-18(14-9-10-14)23(19)15-6-3-2-4-7-15/h2-8,11,13-14H,9-10,12H2,1H3,(H,20,24). The van der Waals surface area contributed by atoms with Gasteiger partial charge in [0, 0.05) is 11.6 Å². The van der Waals surface area contributed by atoms with Crippen molar-refractivity contribution < 1.29 is 9.21 Å². The number of para-hydroxylation sites is 1. The summed E-state index contributed by atoms with van der Waals surface area (Å²) in [4.78, 5) is 12.3. The Morgan fingerprint density at radius 2 is 2.08 bits per heavy atom. The normalized spacial score (nSPS) is 15.0. The molecule has 1 aliphatic carbocycles. The van der Waals surface area contributed by atoms with E-state index < -0.39 is 0 Å². The SMILES string of the molecule is CC(NC(=O)CSc1nnc(C2CC2)n1-c1ccccc1)c1ccco1. The number of hydrogen-bond acceptors (Lipinski definition) is 5. The summed E-state index contributed by atoms with van der Waals surface area (Å²) in [5.41, 5.74) is 1.03. The molecule has 1 atom stereocenters. The van der Waals surface area contributed by atoms with Crippen molar-refractivity contribution in [3.05, 3.63) is 60.3 Å². The summed E-state index contributed by atoms with van der Waals surface area (Å²) in [6.07, 6.45) is 3.90. The van der Waals surface area contributed by atoms with Crippen molar-refractivity contribution in [1.82, 2.24) is 20.1 Å². The van der Waals surface area contributed by atoms with Gasteiger partial charge >= 0.3 is 0 Å². The Morgan fingerprint density at radius 3 is 2.77 bits per heavy atom. The molecule has 1 amide bonds. The van der Waals surface area contributed by atoms with Crippen LogP contribution in [0.3, 0.4) is 0 Å². The van der Waals surface area contributed by atoms with E-state index in [9.17, 15) is 4.79 Å². The summed E-state index contributed by atoms with van der Waals surface area (Å²) in [7, 11) is 0. The molecule has 3 aromatic rings. The van der Waals surface area contributed by atoms with Crippen LogP contribution < -0.4 is 5.32 Å². The lowest BCUT2D eigenvalue weighted by Gasteiger charge is -2.12. The zero-order valence-electron chi connectivity index (χ0n) is 14.5. The van der Waals surface area contributed by atoms with Gasteiger partial charge in [-0.05, 0) is 44.0 Å². The van der Waals surface area contributed by atoms with Crippen LogP contribution in [-0.2, 0) is 4.79 Å². The Kier molecular flexibility index (Phi) is 4.79. The molecule has 1 aliphatic rings. The molecule has 1 saturated carbocycles. The summed E-state index contributed by atoms with van der Waals surface area (Å²) < 4.78 is 7.40. The molecule has 0 bridgehead atoms. The van der Waals surface area contributed by atoms with E-state index in [0.717, 1.165) is 35.3 Å². The Hall–Kier alpha value is -2.54. The highest BCUT2D eigenvalue weighted by atomic mass is 32.2. The van der Waals surface area contributed by atoms with E-state index in [1.165, 1.54) is 11.8 Å². The molecule has 2 heterocycles. The molecule has 7 heteroatoms. The second-order valence-electron chi connectivity index (χ2n) is 6.38. The number of benzene rings is 1. The molecule has 0 radical (unpaired) electrons. The van der Waals surface area contributed by atoms with Crippen LogP contribution >= 0.6 is 11.8 Å². The fourth-order valence-electron chi connectivity index (χ4n) is 2.82. The fraction of sp³-hybridized carbons (Fsp3) is 0.316. The third-order valence-electron chi connectivity index (χ3n) is 4.30. The topological polar surface area (TPSA) is 73.0 Å². The molecule has 1 aromatic carbocycles. The van der Waals surface area contributed by atoms with Gasteiger partial charge in [-0.15, -0.1) is 10.2 Å². The number of amides is 1. The van der Waals surface area contributed by atoms with E-state index in [2.05, 4.69) is 20.1 Å². The summed E-state index contributed by atoms with van der Waals surface area (Å²) in [6, 6.07) is 13.6. The highest BCUT2D eigenvalue weighted by Gasteiger charge is 2.31. The Balaban J connectivity index is 1.46. The van der Waals surface area contributed by atoms with Gasteiger partial charge in [-0.1, -0.05) is 30.0 Å². The Morgan fingerprint density at radius 1 is 1.27 bits per heavy atom. The minimum atomic E-state index is -0.160. The third kappa shape index (κ3) is 3.67. The third-order valence-corrected chi connectivity index (χ3v) is 5.22. The van der Waals surface area contributed by atoms with Gasteiger partial charge in [0.2, 0.25) is 5.91 Å². The first-order chi connectivity index (χ1) is 12.7. The van der Waals surface area contributed by atoms with E-state index in [1.807, 2.05) is 49.4 Å². The maximum absolute atomic E-state index is 12.3. The summed E-state index contributed by atoms with van der Waals surface area (Å²) >= 11 is 1.40. The number of nitrogens with one attached hydrogen (secondary N) is 1. The Bertz CT molecular complexity index is 872. The van der Waals surface area contributed by atoms with Gasteiger partial charge in [0.1, 0.15) is 11.6 Å². The monoisotopic (exact) mass is 368 g/mol. The first kappa shape index (κ1) is 16.9. The number of thioether (sulfide) groups is 1. The molecule has 1 N–H and O–H groups in total. The molecule has 26 heavy (non-hydrogen) atoms. The lowest BCUT2D eigenvalue weighted by Crippen LogP contribution is -2.28. The van der Waals surface area contributed by atoms with Gasteiger partial charge in [-0.2, -0.15) is 0 Å². The number of rotatable bonds is 7. The van der Waals surface area contributed by atoms with Crippen LogP contribution in [0.1, 0.15) is 43.3 Å². The number of nitrogens with zero attached hydrogens (tertiary/aromatic N) is 3. The largest absolute Gasteiger partial charge is 0.467 e. The number of carbonyl (C=O) groups excluding carboxylic acids is 1. The lowest BCUT2D eigenvalue weighted by molar-refractivity contribution is -0.119. The van der Waals surface area contributed by atoms with E-state index in [0.29, 0.717) is 5.92 Å². The van der Waals surface area contributed by atoms with E-state index in [-0.39, 0.29) is 17.7 Å². The first-order valence-corrected chi connectivity index (χ1v) is 9.67. The minimum Gasteiger partial charge on any atom is -0.467 e. The highest BCUT2D eigenvalue weighted by molar-refractivity contribution is 7.99. The van der Waals surface area contributed by atoms with Gasteiger partial charge in [0.05, 0.1) is 18.1 Å². The van der Waals surface area contributed by atoms with E-state index in [1.54, 1.807) is 6.26 Å². The van der Waals surface area contributed by atoms with Crippen molar-refractivity contribution in [2.75, 3.05) is 5.75 Å². The van der Waals surface area contributed by atoms with Crippen molar-refractivity contribution in [2.45, 2.75) is 36.9 Å². The summed E-state index contributed by atoms with van der Waals surface area (Å²) in [6.45, 7) is 1.90. The van der Waals surface area contributed by atoms with Crippen molar-refractivity contribution in [1.29, 1.82) is 0 Å². The van der Waals surface area contributed by atoms with Crippen LogP contribution in [-0.4, -0.2) is 26.4 Å². The van der Waals surface area contributed by atoms with Crippen LogP contribution in [0.25, 0.3) is 5.69 Å². The second kappa shape index (κ2) is 7.37. The molecule has 1 fully saturated rings. The molecule has 4 rings (SSSR count). The van der Waals surface area contributed by atoms with Crippen LogP contribution in [0, 0.1) is 0 Å². The van der Waals surface area contributed by atoms with Gasteiger partial charge < -0.3 is 9.73 Å². The van der Waals surface area contributed by atoms with Crippen molar-refractivity contribution in [2.24, 2.45) is 0 Å². The number of hydrogen-bond donors (Lipinski definition) is 1. The predicted molar refractivity (Wildman–Crippen MR) is 99.3 cm³/mol. The quantitative estimate of drug-likeness (QED) is 0.644. The van der Waals surface area contributed by atoms with Gasteiger partial charge in [-0.25, -0.2) is 0 Å². The number of furan rings is 1. The minimum absolute atomic E-state index is 0.0607. The molecule has 134 valence electrons. The molecule has 2 aromatic heterocycles. The summed E-state index contributed by atoms with van der Waals surface area (Å²) in [5, 5.41) is 12.4. The van der Waals surface area contributed by atoms with Crippen LogP contribution in [0.4, 0.5) is 0 Å². The van der Waals surface area contributed by atoms with Crippen LogP contribution in [0.15, 0.2) is 58.3 Å². The smallest absolute Gasteiger partial charge is 0.231 e. The van der Waals surface area contributed by atoms with Gasteiger partial charge in [0.25, 0.3) is 0 Å². The fourth-order valence-corrected chi connectivity index (χ4v) is 3.59. The molecule has 0 aliphatic heterocycles. The van der Waals surface area contributed by atoms with E-state index in [4.69, 9.17) is 4.42 Å². The zero-order chi connectivity index (χ0) is 17.9. The zero-order valence-corrected chi connectivity index (χ0v) is 15.3. The Labute approximate surface area is 156 Å². The average Bonchev–Trinajstić information content (AvgIpc) is 3.19. The highest BCUT2D eigenvalue weighted by Crippen LogP contribution is 2.41. The molecule has 6 nitrogen and oxygen atoms in total. The van der Waals surface area contributed by atoms with E-state index >= 15 is 0 Å². The number of carbonyl (C=O) groups is 1. The molecule has 0 saturated heterocycles. The molecule has 1 unspecified atom stereocenters. The second-order valence-corrected chi connectivity index (χ2v) is 7.32. The number of aromatic nitrogens is 3. The van der Waals surface area contributed by atoms with Gasteiger partial charge in [0.15, 0.2) is 5.16 Å². The molecular formula is C19H20N4O2S. The predicted octanol–water partition coefficient (Wildman–Crippen LogP) is 3.71. The maximum atomic E-state index is 12.3. The lowest BCUT2D eigenvalue weighted by atomic mass is 10.2. The molecule has 0 spiro atoms. The van der Waals surface area contributed by atoms with Crippen LogP contribution in [0.2, 0.25) is 0 Å². The van der Waals surface area contributed by atoms with Gasteiger partial charge in [-0.3, -0.25) is 9.36 Å². The van der Waals surface area contributed by atoms with Crippen molar-refractivity contribution in [3.8, 4) is 5.69 Å². The maximum Gasteiger partial charge on any atom is 0.231 e. The van der Waals surface area contributed by atoms with Crippen molar-refractivity contribution >= 4 is 17.7 Å². The van der Waals surface area contributed by atoms with Crippen LogP contribution in [0.5, 0.6) is 0 Å². The summed E-state index contributed by atoms with van der Waals surface area (Å²) in [5.74, 6) is 2.43. The van der Waals surface area contributed by atoms with Crippen molar-refractivity contribution in [3.63, 3.8) is 0 Å². The molecular weight excluding hydrogens is 348 g/mol. The first-order valence-electron chi connectivity index (χ1n) is 8.68.